The molecule has 2 heteroatoms. The zero-order valence-electron chi connectivity index (χ0n) is 13.1. The Morgan fingerprint density at radius 1 is 0.824 bits per heavy atom. The average molecular weight is 255 g/mol. The summed E-state index contributed by atoms with van der Waals surface area (Å²) in [4.78, 5) is 2.30. The number of rotatable bonds is 10. The molecule has 0 unspecified atom stereocenters. The summed E-state index contributed by atoms with van der Waals surface area (Å²) in [5.41, 5.74) is 0. The Bertz CT molecular complexity index is 156. The Morgan fingerprint density at radius 2 is 1.35 bits per heavy atom. The second-order valence-corrected chi connectivity index (χ2v) is 10.0. The third-order valence-electron chi connectivity index (χ3n) is 3.33. The molecule has 0 saturated carbocycles. The van der Waals surface area contributed by atoms with Gasteiger partial charge in [0.2, 0.25) is 0 Å². The SMILES string of the molecule is CC(C)[CH2][Al]([CH2]CCCCN(C)C)[CH2]C(C)C. The van der Waals surface area contributed by atoms with Crippen LogP contribution in [0.1, 0.15) is 47.0 Å². The van der Waals surface area contributed by atoms with Crippen molar-refractivity contribution < 1.29 is 0 Å². The summed E-state index contributed by atoms with van der Waals surface area (Å²) in [6.07, 6.45) is 4.32. The lowest BCUT2D eigenvalue weighted by atomic mass is 10.2. The minimum Gasteiger partial charge on any atom is -0.309 e. The normalized spacial score (nSPS) is 11.8. The Morgan fingerprint density at radius 3 is 1.76 bits per heavy atom. The van der Waals surface area contributed by atoms with Crippen molar-refractivity contribution >= 4 is 14.1 Å². The molecule has 0 aliphatic heterocycles. The van der Waals surface area contributed by atoms with Crippen molar-refractivity contribution in [1.82, 2.24) is 4.90 Å². The van der Waals surface area contributed by atoms with E-state index in [0.717, 1.165) is 11.8 Å². The van der Waals surface area contributed by atoms with Gasteiger partial charge in [0.1, 0.15) is 0 Å². The Hall–Kier alpha value is 0.492. The molecule has 0 aromatic rings. The maximum atomic E-state index is 2.40. The van der Waals surface area contributed by atoms with Gasteiger partial charge in [-0.2, -0.15) is 0 Å². The summed E-state index contributed by atoms with van der Waals surface area (Å²) in [6, 6.07) is 0. The minimum absolute atomic E-state index is 0.430. The van der Waals surface area contributed by atoms with Gasteiger partial charge in [0.05, 0.1) is 0 Å². The highest BCUT2D eigenvalue weighted by Crippen LogP contribution is 2.20. The van der Waals surface area contributed by atoms with Crippen molar-refractivity contribution in [2.45, 2.75) is 62.8 Å². The molecular weight excluding hydrogens is 221 g/mol. The van der Waals surface area contributed by atoms with Crippen LogP contribution in [0.4, 0.5) is 0 Å². The average Bonchev–Trinajstić information content (AvgIpc) is 2.14. The zero-order valence-corrected chi connectivity index (χ0v) is 14.3. The van der Waals surface area contributed by atoms with Crippen LogP contribution in [0.25, 0.3) is 0 Å². The maximum absolute atomic E-state index is 2.40. The van der Waals surface area contributed by atoms with Gasteiger partial charge in [-0.15, -0.1) is 0 Å². The first-order valence-corrected chi connectivity index (χ1v) is 10.0. The van der Waals surface area contributed by atoms with Crippen molar-refractivity contribution in [3.8, 4) is 0 Å². The van der Waals surface area contributed by atoms with Crippen LogP contribution in [-0.4, -0.2) is 39.7 Å². The Balaban J connectivity index is 3.68. The highest BCUT2D eigenvalue weighted by molar-refractivity contribution is 6.58. The lowest BCUT2D eigenvalue weighted by molar-refractivity contribution is 0.393. The van der Waals surface area contributed by atoms with E-state index < -0.39 is 14.1 Å². The second-order valence-electron chi connectivity index (χ2n) is 6.78. The van der Waals surface area contributed by atoms with Crippen molar-refractivity contribution in [3.63, 3.8) is 0 Å². The molecule has 102 valence electrons. The number of unbranched alkanes of at least 4 members (excludes halogenated alkanes) is 2. The molecule has 0 N–H and O–H groups in total. The second kappa shape index (κ2) is 10.4. The monoisotopic (exact) mass is 255 g/mol. The molecule has 0 saturated heterocycles. The van der Waals surface area contributed by atoms with Gasteiger partial charge in [0.25, 0.3) is 14.1 Å². The van der Waals surface area contributed by atoms with Crippen molar-refractivity contribution in [2.75, 3.05) is 20.6 Å². The molecule has 0 amide bonds. The van der Waals surface area contributed by atoms with Gasteiger partial charge in [0, 0.05) is 0 Å². The van der Waals surface area contributed by atoms with Crippen LogP contribution in [0.2, 0.25) is 15.8 Å². The van der Waals surface area contributed by atoms with Crippen LogP contribution in [0, 0.1) is 11.8 Å². The zero-order chi connectivity index (χ0) is 13.3. The molecule has 0 radical (unpaired) electrons. The molecule has 0 bridgehead atoms. The van der Waals surface area contributed by atoms with E-state index in [4.69, 9.17) is 0 Å². The maximum Gasteiger partial charge on any atom is 0.262 e. The van der Waals surface area contributed by atoms with E-state index in [1.807, 2.05) is 0 Å². The van der Waals surface area contributed by atoms with Crippen LogP contribution >= 0.6 is 0 Å². The minimum atomic E-state index is -0.430. The first kappa shape index (κ1) is 17.5. The molecule has 0 aliphatic carbocycles. The van der Waals surface area contributed by atoms with E-state index in [9.17, 15) is 0 Å². The van der Waals surface area contributed by atoms with Crippen LogP contribution in [0.3, 0.4) is 0 Å². The molecule has 0 atom stereocenters. The van der Waals surface area contributed by atoms with Crippen molar-refractivity contribution in [3.05, 3.63) is 0 Å². The van der Waals surface area contributed by atoms with Gasteiger partial charge in [0.15, 0.2) is 0 Å². The quantitative estimate of drug-likeness (QED) is 0.409. The first-order valence-electron chi connectivity index (χ1n) is 7.56. The van der Waals surface area contributed by atoms with Gasteiger partial charge in [-0.1, -0.05) is 68.2 Å². The molecule has 17 heavy (non-hydrogen) atoms. The smallest absolute Gasteiger partial charge is 0.262 e. The van der Waals surface area contributed by atoms with Gasteiger partial charge >= 0.3 is 0 Å². The highest BCUT2D eigenvalue weighted by Gasteiger charge is 2.19. The van der Waals surface area contributed by atoms with E-state index in [2.05, 4.69) is 46.7 Å². The summed E-state index contributed by atoms with van der Waals surface area (Å²) < 4.78 is 0. The van der Waals surface area contributed by atoms with E-state index >= 15 is 0 Å². The first-order chi connectivity index (χ1) is 7.91. The van der Waals surface area contributed by atoms with Gasteiger partial charge < -0.3 is 4.90 Å². The van der Waals surface area contributed by atoms with Crippen LogP contribution in [0.15, 0.2) is 0 Å². The van der Waals surface area contributed by atoms with Gasteiger partial charge in [-0.25, -0.2) is 0 Å². The molecule has 0 rings (SSSR count). The van der Waals surface area contributed by atoms with E-state index in [1.54, 1.807) is 15.8 Å². The third kappa shape index (κ3) is 12.7. The molecule has 1 nitrogen and oxygen atoms in total. The predicted octanol–water partition coefficient (Wildman–Crippen LogP) is 4.53. The number of hydrogen-bond acceptors (Lipinski definition) is 1. The van der Waals surface area contributed by atoms with E-state index in [1.165, 1.54) is 25.8 Å². The van der Waals surface area contributed by atoms with Gasteiger partial charge in [-0.05, 0) is 27.1 Å². The Kier molecular flexibility index (Phi) is 10.7. The summed E-state index contributed by atoms with van der Waals surface area (Å²) in [5.74, 6) is 1.85. The van der Waals surface area contributed by atoms with Crippen molar-refractivity contribution in [1.29, 1.82) is 0 Å². The molecule has 0 aromatic carbocycles. The molecule has 0 fully saturated rings. The summed E-state index contributed by atoms with van der Waals surface area (Å²) in [6.45, 7) is 10.8. The third-order valence-corrected chi connectivity index (χ3v) is 7.77. The van der Waals surface area contributed by atoms with E-state index in [0.29, 0.717) is 0 Å². The molecule has 0 aromatic heterocycles. The van der Waals surface area contributed by atoms with Crippen LogP contribution in [0.5, 0.6) is 0 Å². The fourth-order valence-corrected chi connectivity index (χ4v) is 6.90. The van der Waals surface area contributed by atoms with Crippen molar-refractivity contribution in [2.24, 2.45) is 11.8 Å². The highest BCUT2D eigenvalue weighted by atomic mass is 27.2. The van der Waals surface area contributed by atoms with Gasteiger partial charge in [-0.3, -0.25) is 0 Å². The fraction of sp³-hybridized carbons (Fsp3) is 1.00. The Labute approximate surface area is 114 Å². The largest absolute Gasteiger partial charge is 0.309 e. The summed E-state index contributed by atoms with van der Waals surface area (Å²) in [7, 11) is 4.35. The molecule has 0 heterocycles. The van der Waals surface area contributed by atoms with Crippen LogP contribution < -0.4 is 0 Å². The predicted molar refractivity (Wildman–Crippen MR) is 82.3 cm³/mol. The molecular formula is C15H34AlN. The standard InChI is InChI=1S/C7H16N.2C4H9.Al/c1-4-5-6-7-8(2)3;2*1-4(2)3;/h1,4-7H2,2-3H3;2*4H,1H2,2-3H3;. The molecule has 0 aliphatic rings. The topological polar surface area (TPSA) is 3.24 Å². The lowest BCUT2D eigenvalue weighted by Gasteiger charge is -2.16. The fourth-order valence-electron chi connectivity index (χ4n) is 2.70. The summed E-state index contributed by atoms with van der Waals surface area (Å²) >= 11 is -0.430. The van der Waals surface area contributed by atoms with Crippen LogP contribution in [-0.2, 0) is 0 Å². The number of hydrogen-bond donors (Lipinski definition) is 0. The lowest BCUT2D eigenvalue weighted by Crippen LogP contribution is -2.17. The van der Waals surface area contributed by atoms with E-state index in [-0.39, 0.29) is 0 Å². The summed E-state index contributed by atoms with van der Waals surface area (Å²) in [5, 5.41) is 4.71. The number of nitrogens with zero attached hydrogens (tertiary/aromatic N) is 1. The molecule has 0 spiro atoms.